The van der Waals surface area contributed by atoms with Gasteiger partial charge in [0.05, 0.1) is 43.4 Å². The van der Waals surface area contributed by atoms with Gasteiger partial charge in [0.25, 0.3) is 11.9 Å². The number of morpholine rings is 2. The summed E-state index contributed by atoms with van der Waals surface area (Å²) in [5.41, 5.74) is 2.11. The lowest BCUT2D eigenvalue weighted by Crippen LogP contribution is -2.37. The van der Waals surface area contributed by atoms with E-state index in [-0.39, 0.29) is 5.69 Å². The second-order valence-electron chi connectivity index (χ2n) is 10.2. The van der Waals surface area contributed by atoms with Crippen LogP contribution in [0.2, 0.25) is 0 Å². The Hall–Kier alpha value is -2.99. The molecule has 11 nitrogen and oxygen atoms in total. The van der Waals surface area contributed by atoms with E-state index in [9.17, 15) is 14.7 Å². The first kappa shape index (κ1) is 27.1. The number of nitrogens with zero attached hydrogens (tertiary/aromatic N) is 4. The number of nitrogens with one attached hydrogen (secondary N) is 1. The molecule has 0 atom stereocenters. The third-order valence-corrected chi connectivity index (χ3v) is 6.54. The number of amides is 1. The summed E-state index contributed by atoms with van der Waals surface area (Å²) in [6.07, 6.45) is 2.80. The van der Waals surface area contributed by atoms with Crippen molar-refractivity contribution in [1.82, 2.24) is 9.88 Å². The Kier molecular flexibility index (Phi) is 8.80. The average Bonchev–Trinajstić information content (AvgIpc) is 3.39. The molecule has 1 amide bonds. The highest BCUT2D eigenvalue weighted by atomic mass is 16.5. The summed E-state index contributed by atoms with van der Waals surface area (Å²) in [7, 11) is 1.94. The summed E-state index contributed by atoms with van der Waals surface area (Å²) < 4.78 is 16.4. The van der Waals surface area contributed by atoms with Crippen molar-refractivity contribution < 1.29 is 28.6 Å². The third kappa shape index (κ3) is 7.29. The number of anilines is 3. The molecule has 1 aromatic carbocycles. The Labute approximate surface area is 217 Å². The lowest BCUT2D eigenvalue weighted by Gasteiger charge is -2.31. The van der Waals surface area contributed by atoms with Crippen molar-refractivity contribution in [3.8, 4) is 0 Å². The van der Waals surface area contributed by atoms with Crippen molar-refractivity contribution in [3.05, 3.63) is 35.2 Å². The quantitative estimate of drug-likeness (QED) is 0.455. The van der Waals surface area contributed by atoms with Crippen LogP contribution >= 0.6 is 0 Å². The molecule has 11 heteroatoms. The van der Waals surface area contributed by atoms with E-state index in [0.717, 1.165) is 17.5 Å². The van der Waals surface area contributed by atoms with Crippen LogP contribution in [0.4, 0.5) is 17.4 Å². The standard InChI is InChI=1S/C26H37N5O6/c1-26(2,34)4-5-29(3)16-19-14-21(23(15-20(19)17-32)30-6-10-35-11-7-30)27-24(33)22-18-37-25(28-22)31-8-12-36-13-9-31/h14-15,17-18,34H,4-13,16H2,1-3H3,(H,27,33). The average molecular weight is 516 g/mol. The molecule has 37 heavy (non-hydrogen) atoms. The Morgan fingerprint density at radius 1 is 1.14 bits per heavy atom. The molecule has 2 N–H and O–H groups in total. The maximum atomic E-state index is 13.2. The monoisotopic (exact) mass is 515 g/mol. The second kappa shape index (κ2) is 12.0. The van der Waals surface area contributed by atoms with Crippen molar-refractivity contribution >= 4 is 29.6 Å². The Bertz CT molecular complexity index is 1070. The molecule has 2 fully saturated rings. The van der Waals surface area contributed by atoms with Gasteiger partial charge in [-0.1, -0.05) is 0 Å². The molecule has 202 valence electrons. The van der Waals surface area contributed by atoms with Crippen molar-refractivity contribution in [2.24, 2.45) is 0 Å². The fourth-order valence-electron chi connectivity index (χ4n) is 4.35. The highest BCUT2D eigenvalue weighted by molar-refractivity contribution is 6.05. The van der Waals surface area contributed by atoms with Gasteiger partial charge in [0.1, 0.15) is 12.5 Å². The zero-order valence-electron chi connectivity index (χ0n) is 21.9. The van der Waals surface area contributed by atoms with E-state index in [1.807, 2.05) is 29.0 Å². The smallest absolute Gasteiger partial charge is 0.298 e. The van der Waals surface area contributed by atoms with Crippen LogP contribution in [0.5, 0.6) is 0 Å². The van der Waals surface area contributed by atoms with Crippen molar-refractivity contribution in [3.63, 3.8) is 0 Å². The molecule has 2 aliphatic heterocycles. The summed E-state index contributed by atoms with van der Waals surface area (Å²) in [5, 5.41) is 13.1. The van der Waals surface area contributed by atoms with Crippen molar-refractivity contribution in [1.29, 1.82) is 0 Å². The van der Waals surface area contributed by atoms with Gasteiger partial charge in [-0.2, -0.15) is 4.98 Å². The predicted molar refractivity (Wildman–Crippen MR) is 140 cm³/mol. The third-order valence-electron chi connectivity index (χ3n) is 6.54. The van der Waals surface area contributed by atoms with E-state index < -0.39 is 11.5 Å². The zero-order valence-corrected chi connectivity index (χ0v) is 21.9. The van der Waals surface area contributed by atoms with E-state index in [0.29, 0.717) is 89.4 Å². The van der Waals surface area contributed by atoms with Crippen LogP contribution in [0.1, 0.15) is 46.7 Å². The van der Waals surface area contributed by atoms with Crippen LogP contribution in [-0.4, -0.2) is 99.0 Å². The molecule has 0 bridgehead atoms. The molecule has 1 aromatic heterocycles. The van der Waals surface area contributed by atoms with E-state index in [2.05, 4.69) is 15.2 Å². The van der Waals surface area contributed by atoms with Crippen molar-refractivity contribution in [2.75, 3.05) is 81.3 Å². The van der Waals surface area contributed by atoms with Gasteiger partial charge in [0, 0.05) is 44.8 Å². The first-order valence-corrected chi connectivity index (χ1v) is 12.7. The number of benzene rings is 1. The maximum absolute atomic E-state index is 13.2. The highest BCUT2D eigenvalue weighted by Gasteiger charge is 2.23. The number of aromatic nitrogens is 1. The molecule has 0 spiro atoms. The largest absolute Gasteiger partial charge is 0.431 e. The lowest BCUT2D eigenvalue weighted by atomic mass is 10.0. The van der Waals surface area contributed by atoms with Gasteiger partial charge >= 0.3 is 0 Å². The number of carbonyl (C=O) groups excluding carboxylic acids is 2. The van der Waals surface area contributed by atoms with E-state index in [1.165, 1.54) is 6.26 Å². The van der Waals surface area contributed by atoms with Crippen LogP contribution in [0.25, 0.3) is 0 Å². The summed E-state index contributed by atoms with van der Waals surface area (Å²) >= 11 is 0. The molecule has 2 saturated heterocycles. The Morgan fingerprint density at radius 3 is 2.41 bits per heavy atom. The summed E-state index contributed by atoms with van der Waals surface area (Å²) in [6, 6.07) is 4.08. The Morgan fingerprint density at radius 2 is 1.78 bits per heavy atom. The molecule has 2 aromatic rings. The fourth-order valence-corrected chi connectivity index (χ4v) is 4.35. The zero-order chi connectivity index (χ0) is 26.4. The van der Waals surface area contributed by atoms with Crippen LogP contribution in [0.3, 0.4) is 0 Å². The number of ether oxygens (including phenoxy) is 2. The first-order chi connectivity index (χ1) is 17.7. The number of hydrogen-bond acceptors (Lipinski definition) is 10. The SMILES string of the molecule is CN(CCC(C)(C)O)Cc1cc(NC(=O)c2coc(N3CCOCC3)n2)c(N2CCOCC2)cc1C=O. The number of rotatable bonds is 10. The molecule has 2 aliphatic rings. The molecule has 0 unspecified atom stereocenters. The number of oxazole rings is 1. The van der Waals surface area contributed by atoms with Gasteiger partial charge in [0.15, 0.2) is 5.69 Å². The van der Waals surface area contributed by atoms with Gasteiger partial charge in [-0.05, 0) is 45.0 Å². The minimum absolute atomic E-state index is 0.178. The topological polar surface area (TPSA) is 121 Å². The number of carbonyl (C=O) groups is 2. The van der Waals surface area contributed by atoms with Gasteiger partial charge < -0.3 is 39.0 Å². The molecular weight excluding hydrogens is 478 g/mol. The van der Waals surface area contributed by atoms with Crippen LogP contribution in [0, 0.1) is 0 Å². The molecule has 0 saturated carbocycles. The predicted octanol–water partition coefficient (Wildman–Crippen LogP) is 2.01. The van der Waals surface area contributed by atoms with E-state index in [1.54, 1.807) is 13.8 Å². The van der Waals surface area contributed by atoms with Gasteiger partial charge in [0.2, 0.25) is 0 Å². The van der Waals surface area contributed by atoms with Crippen LogP contribution in [0.15, 0.2) is 22.8 Å². The lowest BCUT2D eigenvalue weighted by molar-refractivity contribution is 0.0599. The minimum atomic E-state index is -0.779. The second-order valence-corrected chi connectivity index (χ2v) is 10.2. The summed E-state index contributed by atoms with van der Waals surface area (Å²) in [5.74, 6) is -0.391. The van der Waals surface area contributed by atoms with Gasteiger partial charge in [-0.3, -0.25) is 9.59 Å². The molecular formula is C26H37N5O6. The first-order valence-electron chi connectivity index (χ1n) is 12.7. The number of aliphatic hydroxyl groups is 1. The summed E-state index contributed by atoms with van der Waals surface area (Å²) in [4.78, 5) is 35.8. The molecule has 4 rings (SSSR count). The van der Waals surface area contributed by atoms with Crippen LogP contribution < -0.4 is 15.1 Å². The maximum Gasteiger partial charge on any atom is 0.298 e. The summed E-state index contributed by atoms with van der Waals surface area (Å²) in [6.45, 7) is 9.60. The van der Waals surface area contributed by atoms with Crippen LogP contribution in [-0.2, 0) is 16.0 Å². The van der Waals surface area contributed by atoms with Gasteiger partial charge in [-0.25, -0.2) is 0 Å². The highest BCUT2D eigenvalue weighted by Crippen LogP contribution is 2.31. The normalized spacial score (nSPS) is 16.8. The number of hydrogen-bond donors (Lipinski definition) is 2. The number of aldehydes is 1. The molecule has 3 heterocycles. The fraction of sp³-hybridized carbons (Fsp3) is 0.577. The molecule has 0 radical (unpaired) electrons. The van der Waals surface area contributed by atoms with Crippen molar-refractivity contribution in [2.45, 2.75) is 32.4 Å². The van der Waals surface area contributed by atoms with E-state index >= 15 is 0 Å². The minimum Gasteiger partial charge on any atom is -0.431 e. The molecule has 0 aliphatic carbocycles. The van der Waals surface area contributed by atoms with Gasteiger partial charge in [-0.15, -0.1) is 0 Å². The Balaban J connectivity index is 1.58. The van der Waals surface area contributed by atoms with E-state index in [4.69, 9.17) is 13.9 Å².